The van der Waals surface area contributed by atoms with E-state index in [-0.39, 0.29) is 6.04 Å². The highest BCUT2D eigenvalue weighted by molar-refractivity contribution is 5.72. The van der Waals surface area contributed by atoms with Crippen LogP contribution in [-0.4, -0.2) is 28.2 Å². The molecular formula is C21H22N2O. The first-order chi connectivity index (χ1) is 11.6. The smallest absolute Gasteiger partial charge is 0.105 e. The van der Waals surface area contributed by atoms with Crippen LogP contribution in [-0.2, 0) is 6.54 Å². The van der Waals surface area contributed by atoms with Crippen LogP contribution in [0.4, 0.5) is 0 Å². The third-order valence-corrected chi connectivity index (χ3v) is 4.94. The van der Waals surface area contributed by atoms with Crippen LogP contribution in [0.25, 0.3) is 5.57 Å². The Labute approximate surface area is 143 Å². The van der Waals surface area contributed by atoms with Crippen LogP contribution in [0.15, 0.2) is 67.2 Å². The Kier molecular flexibility index (Phi) is 4.80. The summed E-state index contributed by atoms with van der Waals surface area (Å²) in [5.74, 6) is 0. The molecule has 2 atom stereocenters. The van der Waals surface area contributed by atoms with Crippen LogP contribution in [0.3, 0.4) is 0 Å². The van der Waals surface area contributed by atoms with Crippen LogP contribution in [0.1, 0.15) is 24.0 Å². The topological polar surface area (TPSA) is 47.3 Å². The average molecular weight is 318 g/mol. The molecule has 1 N–H and O–H groups in total. The maximum Gasteiger partial charge on any atom is 0.105 e. The largest absolute Gasteiger partial charge is 0.384 e. The minimum Gasteiger partial charge on any atom is -0.384 e. The summed E-state index contributed by atoms with van der Waals surface area (Å²) in [5.41, 5.74) is 1.89. The van der Waals surface area contributed by atoms with Gasteiger partial charge in [-0.2, -0.15) is 5.26 Å². The van der Waals surface area contributed by atoms with Gasteiger partial charge in [0.2, 0.25) is 0 Å². The second-order valence-electron chi connectivity index (χ2n) is 6.37. The number of aliphatic hydroxyl groups is 1. The van der Waals surface area contributed by atoms with Gasteiger partial charge in [0.25, 0.3) is 0 Å². The van der Waals surface area contributed by atoms with Gasteiger partial charge in [-0.3, -0.25) is 4.90 Å². The molecule has 1 aliphatic rings. The fourth-order valence-electron chi connectivity index (χ4n) is 3.46. The normalized spacial score (nSPS) is 22.6. The standard InChI is InChI=1S/C21H22N2O/c1-17(19-10-6-3-7-11-19)21(24)13-12-20(21)23(15-14-22)16-18-8-4-2-5-9-18/h2-11,20,24H,1,12-13,15-16H2/t20-,21-/m1/s1. The molecule has 122 valence electrons. The van der Waals surface area contributed by atoms with Crippen LogP contribution in [0.5, 0.6) is 0 Å². The van der Waals surface area contributed by atoms with E-state index in [9.17, 15) is 10.4 Å². The first kappa shape index (κ1) is 16.4. The highest BCUT2D eigenvalue weighted by Crippen LogP contribution is 2.45. The molecule has 3 nitrogen and oxygen atoms in total. The molecule has 0 radical (unpaired) electrons. The van der Waals surface area contributed by atoms with E-state index in [1.807, 2.05) is 60.7 Å². The number of rotatable bonds is 6. The lowest BCUT2D eigenvalue weighted by molar-refractivity contribution is -0.0719. The van der Waals surface area contributed by atoms with Gasteiger partial charge in [0.05, 0.1) is 12.6 Å². The quantitative estimate of drug-likeness (QED) is 0.828. The summed E-state index contributed by atoms with van der Waals surface area (Å²) in [6, 6.07) is 22.0. The number of hydrogen-bond donors (Lipinski definition) is 1. The summed E-state index contributed by atoms with van der Waals surface area (Å²) < 4.78 is 0. The Balaban J connectivity index is 1.81. The third-order valence-electron chi connectivity index (χ3n) is 4.94. The molecule has 2 aromatic carbocycles. The Bertz CT molecular complexity index is 735. The zero-order valence-corrected chi connectivity index (χ0v) is 13.7. The van der Waals surface area contributed by atoms with Crippen molar-refractivity contribution in [2.45, 2.75) is 31.0 Å². The number of benzene rings is 2. The SMILES string of the molecule is C=C(c1ccccc1)[C@]1(O)CC[C@H]1N(CC#N)Cc1ccccc1. The first-order valence-electron chi connectivity index (χ1n) is 8.27. The highest BCUT2D eigenvalue weighted by atomic mass is 16.3. The second kappa shape index (κ2) is 7.00. The average Bonchev–Trinajstić information content (AvgIpc) is 2.61. The van der Waals surface area contributed by atoms with E-state index in [0.29, 0.717) is 19.5 Å². The molecule has 1 aliphatic carbocycles. The van der Waals surface area contributed by atoms with E-state index < -0.39 is 5.60 Å². The van der Waals surface area contributed by atoms with Gasteiger partial charge in [-0.05, 0) is 29.5 Å². The summed E-state index contributed by atoms with van der Waals surface area (Å²) in [6.07, 6.45) is 1.55. The fourth-order valence-corrected chi connectivity index (χ4v) is 3.46. The van der Waals surface area contributed by atoms with Crippen molar-refractivity contribution < 1.29 is 5.11 Å². The van der Waals surface area contributed by atoms with Crippen molar-refractivity contribution in [3.63, 3.8) is 0 Å². The minimum atomic E-state index is -0.965. The predicted octanol–water partition coefficient (Wildman–Crippen LogP) is 3.62. The van der Waals surface area contributed by atoms with Crippen molar-refractivity contribution in [1.29, 1.82) is 5.26 Å². The summed E-state index contributed by atoms with van der Waals surface area (Å²) in [4.78, 5) is 2.06. The molecular weight excluding hydrogens is 296 g/mol. The second-order valence-corrected chi connectivity index (χ2v) is 6.37. The third kappa shape index (κ3) is 3.12. The van der Waals surface area contributed by atoms with Gasteiger partial charge >= 0.3 is 0 Å². The molecule has 0 aliphatic heterocycles. The van der Waals surface area contributed by atoms with Gasteiger partial charge in [0.1, 0.15) is 5.60 Å². The molecule has 24 heavy (non-hydrogen) atoms. The summed E-state index contributed by atoms with van der Waals surface area (Å²) in [6.45, 7) is 5.11. The van der Waals surface area contributed by atoms with E-state index in [0.717, 1.165) is 23.1 Å². The maximum absolute atomic E-state index is 11.2. The molecule has 1 saturated carbocycles. The van der Waals surface area contributed by atoms with E-state index >= 15 is 0 Å². The Morgan fingerprint density at radius 1 is 1.17 bits per heavy atom. The number of nitrogens with zero attached hydrogens (tertiary/aromatic N) is 2. The zero-order chi connectivity index (χ0) is 17.0. The van der Waals surface area contributed by atoms with E-state index in [4.69, 9.17) is 0 Å². The van der Waals surface area contributed by atoms with Gasteiger partial charge in [-0.15, -0.1) is 0 Å². The van der Waals surface area contributed by atoms with Crippen LogP contribution in [0, 0.1) is 11.3 Å². The molecule has 1 fully saturated rings. The van der Waals surface area contributed by atoms with Gasteiger partial charge in [0, 0.05) is 12.6 Å². The van der Waals surface area contributed by atoms with Gasteiger partial charge in [-0.25, -0.2) is 0 Å². The lowest BCUT2D eigenvalue weighted by Gasteiger charge is -2.51. The Morgan fingerprint density at radius 3 is 2.33 bits per heavy atom. The summed E-state index contributed by atoms with van der Waals surface area (Å²) in [5, 5.41) is 20.4. The summed E-state index contributed by atoms with van der Waals surface area (Å²) in [7, 11) is 0. The first-order valence-corrected chi connectivity index (χ1v) is 8.27. The van der Waals surface area contributed by atoms with E-state index in [2.05, 4.69) is 17.5 Å². The molecule has 0 unspecified atom stereocenters. The molecule has 0 heterocycles. The predicted molar refractivity (Wildman–Crippen MR) is 95.9 cm³/mol. The van der Waals surface area contributed by atoms with Gasteiger partial charge < -0.3 is 5.11 Å². The molecule has 0 aromatic heterocycles. The highest BCUT2D eigenvalue weighted by Gasteiger charge is 2.50. The molecule has 0 bridgehead atoms. The van der Waals surface area contributed by atoms with Crippen molar-refractivity contribution in [2.75, 3.05) is 6.54 Å². The van der Waals surface area contributed by atoms with Crippen LogP contribution < -0.4 is 0 Å². The minimum absolute atomic E-state index is 0.0786. The molecule has 0 amide bonds. The van der Waals surface area contributed by atoms with Crippen molar-refractivity contribution >= 4 is 5.57 Å². The van der Waals surface area contributed by atoms with Gasteiger partial charge in [-0.1, -0.05) is 67.2 Å². The monoisotopic (exact) mass is 318 g/mol. The van der Waals surface area contributed by atoms with Crippen molar-refractivity contribution in [3.8, 4) is 6.07 Å². The van der Waals surface area contributed by atoms with Crippen LogP contribution in [0.2, 0.25) is 0 Å². The lowest BCUT2D eigenvalue weighted by atomic mass is 9.68. The molecule has 2 aromatic rings. The number of hydrogen-bond acceptors (Lipinski definition) is 3. The van der Waals surface area contributed by atoms with E-state index in [1.54, 1.807) is 0 Å². The molecule has 0 spiro atoms. The molecule has 0 saturated heterocycles. The lowest BCUT2D eigenvalue weighted by Crippen LogP contribution is -2.60. The van der Waals surface area contributed by atoms with Crippen molar-refractivity contribution in [1.82, 2.24) is 4.90 Å². The molecule has 3 heteroatoms. The Morgan fingerprint density at radius 2 is 1.79 bits per heavy atom. The van der Waals surface area contributed by atoms with E-state index in [1.165, 1.54) is 0 Å². The number of nitriles is 1. The van der Waals surface area contributed by atoms with Gasteiger partial charge in [0.15, 0.2) is 0 Å². The maximum atomic E-state index is 11.2. The Hall–Kier alpha value is -2.41. The van der Waals surface area contributed by atoms with Crippen molar-refractivity contribution in [2.24, 2.45) is 0 Å². The zero-order valence-electron chi connectivity index (χ0n) is 13.7. The molecule has 3 rings (SSSR count). The fraction of sp³-hybridized carbons (Fsp3) is 0.286. The summed E-state index contributed by atoms with van der Waals surface area (Å²) >= 11 is 0. The van der Waals surface area contributed by atoms with Crippen molar-refractivity contribution in [3.05, 3.63) is 78.4 Å². The van der Waals surface area contributed by atoms with Crippen LogP contribution >= 0.6 is 0 Å².